The molecule has 2 nitrogen and oxygen atoms in total. The van der Waals surface area contributed by atoms with Crippen molar-refractivity contribution < 1.29 is 0 Å². The molecule has 2 heteroatoms. The fourth-order valence-electron chi connectivity index (χ4n) is 10.5. The van der Waals surface area contributed by atoms with Crippen molar-refractivity contribution in [3.63, 3.8) is 0 Å². The first-order valence-corrected chi connectivity index (χ1v) is 21.3. The number of rotatable bonds is 7. The predicted octanol–water partition coefficient (Wildman–Crippen LogP) is 15.2. The number of hydrogen-bond donors (Lipinski definition) is 0. The topological polar surface area (TPSA) is 25.8 Å². The van der Waals surface area contributed by atoms with Crippen LogP contribution in [0.5, 0.6) is 0 Å². The van der Waals surface area contributed by atoms with E-state index in [9.17, 15) is 0 Å². The van der Waals surface area contributed by atoms with Crippen LogP contribution in [0.4, 0.5) is 0 Å². The molecule has 0 bridgehead atoms. The third kappa shape index (κ3) is 5.39. The van der Waals surface area contributed by atoms with Gasteiger partial charge in [0.15, 0.2) is 0 Å². The second-order valence-electron chi connectivity index (χ2n) is 16.9. The van der Waals surface area contributed by atoms with E-state index in [0.29, 0.717) is 0 Å². The van der Waals surface area contributed by atoms with E-state index < -0.39 is 0 Å². The van der Waals surface area contributed by atoms with Gasteiger partial charge in [-0.05, 0) is 146 Å². The molecule has 0 spiro atoms. The molecule has 59 heavy (non-hydrogen) atoms. The zero-order valence-corrected chi connectivity index (χ0v) is 34.2. The van der Waals surface area contributed by atoms with Gasteiger partial charge in [-0.25, -0.2) is 9.97 Å². The van der Waals surface area contributed by atoms with E-state index in [1.54, 1.807) is 0 Å². The number of hydrogen-bond acceptors (Lipinski definition) is 2. The van der Waals surface area contributed by atoms with Gasteiger partial charge in [0.2, 0.25) is 0 Å². The summed E-state index contributed by atoms with van der Waals surface area (Å²) in [5.74, 6) is 0. The van der Waals surface area contributed by atoms with Crippen molar-refractivity contribution in [2.75, 3.05) is 0 Å². The molecule has 9 aromatic rings. The van der Waals surface area contributed by atoms with Crippen LogP contribution < -0.4 is 0 Å². The molecular formula is C57H46N2. The van der Waals surface area contributed by atoms with Crippen molar-refractivity contribution in [1.29, 1.82) is 0 Å². The van der Waals surface area contributed by atoms with Gasteiger partial charge in [0.1, 0.15) is 0 Å². The third-order valence-electron chi connectivity index (χ3n) is 14.1. The summed E-state index contributed by atoms with van der Waals surface area (Å²) in [6.07, 6.45) is 3.08. The van der Waals surface area contributed by atoms with E-state index in [1.807, 2.05) is 0 Å². The zero-order chi connectivity index (χ0) is 39.9. The quantitative estimate of drug-likeness (QED) is 0.162. The molecule has 2 aliphatic carbocycles. The molecule has 0 amide bonds. The number of nitrogens with zero attached hydrogens (tertiary/aromatic N) is 2. The minimum absolute atomic E-state index is 0.0793. The van der Waals surface area contributed by atoms with Gasteiger partial charge < -0.3 is 0 Å². The minimum atomic E-state index is -0.122. The molecule has 0 fully saturated rings. The molecule has 2 aliphatic rings. The zero-order valence-electron chi connectivity index (χ0n) is 34.2. The fourth-order valence-corrected chi connectivity index (χ4v) is 10.5. The van der Waals surface area contributed by atoms with Gasteiger partial charge in [-0.3, -0.25) is 0 Å². The summed E-state index contributed by atoms with van der Waals surface area (Å²) in [4.78, 5) is 10.5. The third-order valence-corrected chi connectivity index (χ3v) is 14.1. The van der Waals surface area contributed by atoms with E-state index in [1.165, 1.54) is 77.2 Å². The second kappa shape index (κ2) is 13.5. The van der Waals surface area contributed by atoms with E-state index >= 15 is 0 Å². The molecule has 0 N–H and O–H groups in total. The van der Waals surface area contributed by atoms with Crippen molar-refractivity contribution >= 4 is 21.5 Å². The van der Waals surface area contributed by atoms with Gasteiger partial charge in [0.25, 0.3) is 0 Å². The SMILES string of the molecule is CCC1(C)c2cc(-c3cccc(-c4ccc5ccccc5c4)n3)ccc2-c2cc3c(cc21)-c1ccc(-c2cccc(-c4ccc5ccccc5c4)n2)cc1C3(CC)CC. The average Bonchev–Trinajstić information content (AvgIpc) is 3.72. The Hall–Kier alpha value is -6.64. The number of pyridine rings is 2. The molecule has 0 aliphatic heterocycles. The van der Waals surface area contributed by atoms with Crippen molar-refractivity contribution in [3.05, 3.63) is 192 Å². The van der Waals surface area contributed by atoms with E-state index in [4.69, 9.17) is 9.97 Å². The monoisotopic (exact) mass is 758 g/mol. The van der Waals surface area contributed by atoms with Crippen LogP contribution in [0.1, 0.15) is 69.2 Å². The van der Waals surface area contributed by atoms with Gasteiger partial charge in [0, 0.05) is 33.1 Å². The van der Waals surface area contributed by atoms with Crippen molar-refractivity contribution in [2.24, 2.45) is 0 Å². The molecule has 2 heterocycles. The highest BCUT2D eigenvalue weighted by atomic mass is 14.7. The highest BCUT2D eigenvalue weighted by molar-refractivity contribution is 5.92. The molecule has 0 saturated heterocycles. The van der Waals surface area contributed by atoms with E-state index in [0.717, 1.165) is 53.2 Å². The minimum Gasteiger partial charge on any atom is -0.248 e. The van der Waals surface area contributed by atoms with Crippen LogP contribution in [0.25, 0.3) is 88.8 Å². The first kappa shape index (κ1) is 35.5. The van der Waals surface area contributed by atoms with Gasteiger partial charge in [0.05, 0.1) is 22.8 Å². The van der Waals surface area contributed by atoms with E-state index in [2.05, 4.69) is 198 Å². The summed E-state index contributed by atoms with van der Waals surface area (Å²) in [5.41, 5.74) is 19.7. The number of aromatic nitrogens is 2. The van der Waals surface area contributed by atoms with Crippen LogP contribution in [0.2, 0.25) is 0 Å². The van der Waals surface area contributed by atoms with Crippen LogP contribution in [-0.4, -0.2) is 9.97 Å². The second-order valence-corrected chi connectivity index (χ2v) is 16.9. The number of fused-ring (bicyclic) bond motifs is 8. The van der Waals surface area contributed by atoms with Gasteiger partial charge >= 0.3 is 0 Å². The summed E-state index contributed by atoms with van der Waals surface area (Å²) < 4.78 is 0. The molecule has 0 radical (unpaired) electrons. The highest BCUT2D eigenvalue weighted by Gasteiger charge is 2.45. The molecule has 2 aromatic heterocycles. The van der Waals surface area contributed by atoms with Gasteiger partial charge in [-0.1, -0.05) is 137 Å². The summed E-state index contributed by atoms with van der Waals surface area (Å²) in [7, 11) is 0. The molecule has 284 valence electrons. The Bertz CT molecular complexity index is 3150. The standard InChI is InChI=1S/C57H46N2/c1-5-56(4)48-32-42(54-20-12-18-52(58-54)40-24-22-36-14-8-10-16-38(36)30-40)26-28-44(48)46-35-51-47(34-49(46)56)45-29-27-43(33-50(45)57(51,6-2)7-3)55-21-13-19-53(59-55)41-25-23-37-15-9-11-17-39(37)31-41/h8-35H,5-7H2,1-4H3. The lowest BCUT2D eigenvalue weighted by Crippen LogP contribution is -2.23. The Balaban J connectivity index is 0.976. The summed E-state index contributed by atoms with van der Waals surface area (Å²) in [5, 5.41) is 4.96. The maximum Gasteiger partial charge on any atom is 0.0709 e. The average molecular weight is 759 g/mol. The van der Waals surface area contributed by atoms with Crippen molar-refractivity contribution in [3.8, 4) is 67.3 Å². The molecule has 1 atom stereocenters. The Morgan fingerprint density at radius 3 is 1.24 bits per heavy atom. The lowest BCUT2D eigenvalue weighted by Gasteiger charge is -2.31. The molecule has 7 aromatic carbocycles. The van der Waals surface area contributed by atoms with Crippen LogP contribution in [0, 0.1) is 0 Å². The van der Waals surface area contributed by atoms with Crippen LogP contribution in [0.15, 0.2) is 170 Å². The lowest BCUT2D eigenvalue weighted by atomic mass is 9.72. The van der Waals surface area contributed by atoms with E-state index in [-0.39, 0.29) is 10.8 Å². The van der Waals surface area contributed by atoms with Crippen LogP contribution >= 0.6 is 0 Å². The fraction of sp³-hybridized carbons (Fsp3) is 0.158. The van der Waals surface area contributed by atoms with Gasteiger partial charge in [-0.15, -0.1) is 0 Å². The molecule has 1 unspecified atom stereocenters. The summed E-state index contributed by atoms with van der Waals surface area (Å²) in [6, 6.07) is 62.6. The normalized spacial score (nSPS) is 15.9. The van der Waals surface area contributed by atoms with Gasteiger partial charge in [-0.2, -0.15) is 0 Å². The summed E-state index contributed by atoms with van der Waals surface area (Å²) >= 11 is 0. The molecule has 11 rings (SSSR count). The Labute approximate surface area is 347 Å². The Morgan fingerprint density at radius 1 is 0.339 bits per heavy atom. The maximum atomic E-state index is 5.26. The Morgan fingerprint density at radius 2 is 0.729 bits per heavy atom. The molecular weight excluding hydrogens is 713 g/mol. The maximum absolute atomic E-state index is 5.26. The van der Waals surface area contributed by atoms with Crippen molar-refractivity contribution in [2.45, 2.75) is 57.8 Å². The summed E-state index contributed by atoms with van der Waals surface area (Å²) in [6.45, 7) is 9.54. The number of benzene rings is 7. The first-order valence-electron chi connectivity index (χ1n) is 21.3. The van der Waals surface area contributed by atoms with Crippen LogP contribution in [-0.2, 0) is 10.8 Å². The highest BCUT2D eigenvalue weighted by Crippen LogP contribution is 2.59. The first-order chi connectivity index (χ1) is 28.9. The largest absolute Gasteiger partial charge is 0.248 e. The van der Waals surface area contributed by atoms with Crippen LogP contribution in [0.3, 0.4) is 0 Å². The smallest absolute Gasteiger partial charge is 0.0709 e. The lowest BCUT2D eigenvalue weighted by molar-refractivity contribution is 0.490. The Kier molecular flexibility index (Phi) is 8.10. The molecule has 0 saturated carbocycles. The van der Waals surface area contributed by atoms with Crippen molar-refractivity contribution in [1.82, 2.24) is 9.97 Å². The predicted molar refractivity (Wildman–Crippen MR) is 248 cm³/mol.